The van der Waals surface area contributed by atoms with Crippen molar-refractivity contribution in [3.8, 4) is 51.8 Å². The van der Waals surface area contributed by atoms with E-state index in [0.29, 0.717) is 34.7 Å². The Morgan fingerprint density at radius 2 is 1.68 bits per heavy atom. The third-order valence-corrected chi connectivity index (χ3v) is 6.11. The van der Waals surface area contributed by atoms with Crippen LogP contribution in [0.5, 0.6) is 29.2 Å². The highest BCUT2D eigenvalue weighted by molar-refractivity contribution is 5.88. The van der Waals surface area contributed by atoms with E-state index < -0.39 is 5.88 Å². The molecule has 9 heteroatoms. The summed E-state index contributed by atoms with van der Waals surface area (Å²) in [6.07, 6.45) is 7.55. The van der Waals surface area contributed by atoms with Gasteiger partial charge in [0.2, 0.25) is 5.88 Å². The van der Waals surface area contributed by atoms with Crippen molar-refractivity contribution in [1.82, 2.24) is 15.2 Å². The van der Waals surface area contributed by atoms with E-state index in [9.17, 15) is 10.2 Å². The maximum absolute atomic E-state index is 11.4. The molecule has 0 spiro atoms. The number of nitrogens with zero attached hydrogens (tertiary/aromatic N) is 3. The predicted octanol–water partition coefficient (Wildman–Crippen LogP) is 5.28. The van der Waals surface area contributed by atoms with Crippen LogP contribution in [0.15, 0.2) is 22.6 Å². The number of hydrogen-bond acceptors (Lipinski definition) is 9. The molecule has 182 valence electrons. The number of pyridine rings is 1. The van der Waals surface area contributed by atoms with Crippen LogP contribution in [0.4, 0.5) is 0 Å². The first-order valence-corrected chi connectivity index (χ1v) is 11.7. The van der Waals surface area contributed by atoms with Crippen LogP contribution in [-0.4, -0.2) is 45.7 Å². The van der Waals surface area contributed by atoms with Gasteiger partial charge in [0.25, 0.3) is 5.89 Å². The zero-order valence-corrected chi connectivity index (χ0v) is 19.8. The molecule has 0 saturated heterocycles. The van der Waals surface area contributed by atoms with E-state index in [1.807, 2.05) is 0 Å². The van der Waals surface area contributed by atoms with E-state index in [2.05, 4.69) is 22.1 Å². The van der Waals surface area contributed by atoms with E-state index in [4.69, 9.17) is 18.6 Å². The molecule has 1 aliphatic rings. The third-order valence-electron chi connectivity index (χ3n) is 6.11. The molecule has 0 radical (unpaired) electrons. The number of rotatable bonds is 9. The van der Waals surface area contributed by atoms with Crippen LogP contribution < -0.4 is 14.2 Å². The van der Waals surface area contributed by atoms with Crippen molar-refractivity contribution in [1.29, 1.82) is 0 Å². The monoisotopic (exact) mass is 469 g/mol. The Kier molecular flexibility index (Phi) is 7.40. The fourth-order valence-electron chi connectivity index (χ4n) is 4.37. The summed E-state index contributed by atoms with van der Waals surface area (Å²) in [6.45, 7) is 2.06. The Labute approximate surface area is 198 Å². The number of aromatic nitrogens is 3. The smallest absolute Gasteiger partial charge is 0.415 e. The second-order valence-corrected chi connectivity index (χ2v) is 8.37. The third kappa shape index (κ3) is 4.73. The highest BCUT2D eigenvalue weighted by Gasteiger charge is 2.29. The molecular formula is C25H31N3O6. The summed E-state index contributed by atoms with van der Waals surface area (Å²) in [4.78, 5) is 4.42. The predicted molar refractivity (Wildman–Crippen MR) is 126 cm³/mol. The Bertz CT molecular complexity index is 1100. The number of ether oxygens (including phenoxy) is 3. The molecule has 2 heterocycles. The van der Waals surface area contributed by atoms with Gasteiger partial charge in [-0.15, -0.1) is 5.10 Å². The van der Waals surface area contributed by atoms with E-state index in [-0.39, 0.29) is 29.4 Å². The highest BCUT2D eigenvalue weighted by atomic mass is 16.6. The lowest BCUT2D eigenvalue weighted by molar-refractivity contribution is 0.113. The Morgan fingerprint density at radius 3 is 2.32 bits per heavy atom. The van der Waals surface area contributed by atoms with E-state index in [1.54, 1.807) is 32.4 Å². The van der Waals surface area contributed by atoms with Crippen molar-refractivity contribution in [2.45, 2.75) is 64.4 Å². The molecule has 9 nitrogen and oxygen atoms in total. The van der Waals surface area contributed by atoms with Gasteiger partial charge in [-0.05, 0) is 50.7 Å². The second-order valence-electron chi connectivity index (χ2n) is 8.37. The van der Waals surface area contributed by atoms with Crippen LogP contribution in [0.25, 0.3) is 22.6 Å². The Morgan fingerprint density at radius 1 is 0.971 bits per heavy atom. The molecule has 0 bridgehead atoms. The fourth-order valence-corrected chi connectivity index (χ4v) is 4.37. The first kappa shape index (κ1) is 23.7. The van der Waals surface area contributed by atoms with Crippen molar-refractivity contribution < 1.29 is 28.8 Å². The van der Waals surface area contributed by atoms with Gasteiger partial charge >= 0.3 is 6.08 Å². The van der Waals surface area contributed by atoms with Crippen molar-refractivity contribution in [2.75, 3.05) is 14.2 Å². The molecule has 1 aromatic carbocycles. The van der Waals surface area contributed by atoms with Gasteiger partial charge in [-0.1, -0.05) is 30.9 Å². The zero-order chi connectivity index (χ0) is 24.1. The van der Waals surface area contributed by atoms with Crippen LogP contribution in [0.2, 0.25) is 0 Å². The minimum Gasteiger partial charge on any atom is -0.506 e. The molecular weight excluding hydrogens is 438 g/mol. The summed E-state index contributed by atoms with van der Waals surface area (Å²) in [6, 6.07) is 5.35. The van der Waals surface area contributed by atoms with Gasteiger partial charge in [0.15, 0.2) is 0 Å². The van der Waals surface area contributed by atoms with Gasteiger partial charge in [-0.25, -0.2) is 4.98 Å². The van der Waals surface area contributed by atoms with Gasteiger partial charge in [0.1, 0.15) is 28.9 Å². The van der Waals surface area contributed by atoms with E-state index >= 15 is 0 Å². The van der Waals surface area contributed by atoms with Crippen molar-refractivity contribution in [2.24, 2.45) is 0 Å². The SMILES string of the molecule is CCCCc1nc(O)c(-c2nnc(OC3CCCCC3)o2)c(O)c1-c1c(OC)cccc1OC. The van der Waals surface area contributed by atoms with Crippen molar-refractivity contribution in [3.63, 3.8) is 0 Å². The van der Waals surface area contributed by atoms with E-state index in [0.717, 1.165) is 38.5 Å². The first-order valence-electron chi connectivity index (χ1n) is 11.7. The molecule has 1 aliphatic carbocycles. The topological polar surface area (TPSA) is 120 Å². The molecule has 4 rings (SSSR count). The van der Waals surface area contributed by atoms with Crippen LogP contribution in [0.3, 0.4) is 0 Å². The number of methoxy groups -OCH3 is 2. The second kappa shape index (κ2) is 10.6. The molecule has 1 fully saturated rings. The minimum absolute atomic E-state index is 0.00665. The van der Waals surface area contributed by atoms with Crippen LogP contribution >= 0.6 is 0 Å². The lowest BCUT2D eigenvalue weighted by atomic mass is 9.95. The first-order chi connectivity index (χ1) is 16.6. The van der Waals surface area contributed by atoms with Crippen LogP contribution in [0, 0.1) is 0 Å². The number of hydrogen-bond donors (Lipinski definition) is 2. The fraction of sp³-hybridized carbons (Fsp3) is 0.480. The van der Waals surface area contributed by atoms with Gasteiger partial charge < -0.3 is 28.8 Å². The van der Waals surface area contributed by atoms with Crippen molar-refractivity contribution in [3.05, 3.63) is 23.9 Å². The van der Waals surface area contributed by atoms with Gasteiger partial charge in [-0.3, -0.25) is 0 Å². The average Bonchev–Trinajstić information content (AvgIpc) is 3.30. The lowest BCUT2D eigenvalue weighted by Crippen LogP contribution is -2.19. The van der Waals surface area contributed by atoms with Crippen molar-refractivity contribution >= 4 is 0 Å². The number of benzene rings is 1. The van der Waals surface area contributed by atoms with Crippen LogP contribution in [-0.2, 0) is 6.42 Å². The van der Waals surface area contributed by atoms with Gasteiger partial charge in [0.05, 0.1) is 31.0 Å². The standard InChI is InChI=1S/C25H31N3O6/c1-4-5-12-16-19(20-17(31-2)13-9-14-18(20)32-3)22(29)21(23(30)26-16)24-27-28-25(34-24)33-15-10-7-6-8-11-15/h9,13-15H,4-8,10-12H2,1-3H3,(H2,26,29,30). The molecule has 1 saturated carbocycles. The minimum atomic E-state index is -0.394. The highest BCUT2D eigenvalue weighted by Crippen LogP contribution is 2.49. The summed E-state index contributed by atoms with van der Waals surface area (Å²) >= 11 is 0. The van der Waals surface area contributed by atoms with Gasteiger partial charge in [0, 0.05) is 0 Å². The largest absolute Gasteiger partial charge is 0.506 e. The number of aromatic hydroxyl groups is 2. The Hall–Kier alpha value is -3.49. The molecule has 0 aliphatic heterocycles. The summed E-state index contributed by atoms with van der Waals surface area (Å²) < 4.78 is 22.7. The zero-order valence-electron chi connectivity index (χ0n) is 19.8. The maximum Gasteiger partial charge on any atom is 0.415 e. The summed E-state index contributed by atoms with van der Waals surface area (Å²) in [5.41, 5.74) is 1.38. The van der Waals surface area contributed by atoms with Gasteiger partial charge in [-0.2, -0.15) is 0 Å². The molecule has 0 unspecified atom stereocenters. The number of aryl methyl sites for hydroxylation is 1. The summed E-state index contributed by atoms with van der Waals surface area (Å²) in [5.74, 6) is 0.282. The molecule has 3 aromatic rings. The summed E-state index contributed by atoms with van der Waals surface area (Å²) in [5, 5.41) is 30.2. The molecule has 2 aromatic heterocycles. The average molecular weight is 470 g/mol. The molecule has 0 atom stereocenters. The number of unbranched alkanes of at least 4 members (excludes halogenated alkanes) is 1. The molecule has 34 heavy (non-hydrogen) atoms. The van der Waals surface area contributed by atoms with E-state index in [1.165, 1.54) is 6.42 Å². The molecule has 2 N–H and O–H groups in total. The normalized spacial score (nSPS) is 14.2. The molecule has 0 amide bonds. The maximum atomic E-state index is 11.4. The Balaban J connectivity index is 1.82. The summed E-state index contributed by atoms with van der Waals surface area (Å²) in [7, 11) is 3.09. The quantitative estimate of drug-likeness (QED) is 0.431. The van der Waals surface area contributed by atoms with Crippen LogP contribution in [0.1, 0.15) is 57.6 Å². The lowest BCUT2D eigenvalue weighted by Gasteiger charge is -2.20.